The predicted molar refractivity (Wildman–Crippen MR) is 120 cm³/mol. The number of piperidine rings is 1. The first-order valence-corrected chi connectivity index (χ1v) is 11.3. The number of nitrogens with one attached hydrogen (secondary N) is 2. The Morgan fingerprint density at radius 3 is 2.94 bits per heavy atom. The molecule has 1 amide bonds. The van der Waals surface area contributed by atoms with Gasteiger partial charge in [-0.25, -0.2) is 19.3 Å². The molecule has 1 aromatic carbocycles. The molecular weight excluding hydrogens is 417 g/mol. The summed E-state index contributed by atoms with van der Waals surface area (Å²) in [4.78, 5) is 30.9. The average molecular weight is 442 g/mol. The lowest BCUT2D eigenvalue weighted by Crippen LogP contribution is -2.37. The van der Waals surface area contributed by atoms with Crippen molar-refractivity contribution in [1.29, 1.82) is 0 Å². The van der Waals surface area contributed by atoms with E-state index in [9.17, 15) is 9.18 Å². The Balaban J connectivity index is 1.43. The topological polar surface area (TPSA) is 86.3 Å². The zero-order valence-corrected chi connectivity index (χ0v) is 18.1. The van der Waals surface area contributed by atoms with E-state index in [4.69, 9.17) is 0 Å². The first kappa shape index (κ1) is 20.1. The summed E-state index contributed by atoms with van der Waals surface area (Å²) in [6.07, 6.45) is 3.63. The number of benzene rings is 1. The summed E-state index contributed by atoms with van der Waals surface area (Å²) < 4.78 is 13.8. The Bertz CT molecular complexity index is 1110. The number of carbonyl (C=O) groups excluding carboxylic acids is 1. The number of hydrogen-bond acceptors (Lipinski definition) is 8. The highest BCUT2D eigenvalue weighted by Crippen LogP contribution is 2.39. The van der Waals surface area contributed by atoms with Crippen LogP contribution in [0.25, 0.3) is 10.3 Å². The maximum atomic E-state index is 13.8. The van der Waals surface area contributed by atoms with E-state index in [2.05, 4.69) is 25.6 Å². The predicted octanol–water partition coefficient (Wildman–Crippen LogP) is 2.54. The third-order valence-electron chi connectivity index (χ3n) is 5.93. The molecule has 2 aromatic heterocycles. The Labute approximate surface area is 183 Å². The number of thiazole rings is 1. The lowest BCUT2D eigenvalue weighted by molar-refractivity contribution is 0.0944. The van der Waals surface area contributed by atoms with Crippen molar-refractivity contribution in [2.45, 2.75) is 12.8 Å². The van der Waals surface area contributed by atoms with Crippen molar-refractivity contribution < 1.29 is 9.18 Å². The van der Waals surface area contributed by atoms with E-state index in [1.165, 1.54) is 29.8 Å². The Kier molecular flexibility index (Phi) is 5.41. The summed E-state index contributed by atoms with van der Waals surface area (Å²) in [6, 6.07) is 4.73. The standard InChI is InChI=1S/C21H24FN7OS/c1-28-8-9-29(15-3-2-14(22)10-16(15)28)18-17-20(26-12-25-18)31-21(27-17)19(30)24-11-13-4-6-23-7-5-13/h2-3,10,12-13,23H,4-9,11H2,1H3,(H,24,30). The lowest BCUT2D eigenvalue weighted by Gasteiger charge is -2.36. The third kappa shape index (κ3) is 3.92. The van der Waals surface area contributed by atoms with Crippen molar-refractivity contribution in [1.82, 2.24) is 25.6 Å². The number of nitrogens with zero attached hydrogens (tertiary/aromatic N) is 5. The molecule has 31 heavy (non-hydrogen) atoms. The van der Waals surface area contributed by atoms with Gasteiger partial charge in [0.1, 0.15) is 22.5 Å². The van der Waals surface area contributed by atoms with Crippen LogP contribution in [-0.2, 0) is 0 Å². The lowest BCUT2D eigenvalue weighted by atomic mass is 9.98. The van der Waals surface area contributed by atoms with Crippen molar-refractivity contribution in [3.63, 3.8) is 0 Å². The van der Waals surface area contributed by atoms with Gasteiger partial charge in [0.15, 0.2) is 10.8 Å². The zero-order chi connectivity index (χ0) is 21.4. The molecule has 2 aliphatic heterocycles. The largest absolute Gasteiger partial charge is 0.371 e. The summed E-state index contributed by atoms with van der Waals surface area (Å²) in [5.74, 6) is 0.687. The minimum Gasteiger partial charge on any atom is -0.371 e. The number of anilines is 3. The van der Waals surface area contributed by atoms with Gasteiger partial charge in [-0.15, -0.1) is 0 Å². The first-order chi connectivity index (χ1) is 15.1. The SMILES string of the molecule is CN1CCN(c2ncnc3sc(C(=O)NCC4CCNCC4)nc23)c2ccc(F)cc21. The van der Waals surface area contributed by atoms with Crippen LogP contribution in [0, 0.1) is 11.7 Å². The fraction of sp³-hybridized carbons (Fsp3) is 0.429. The molecule has 1 saturated heterocycles. The number of hydrogen-bond donors (Lipinski definition) is 2. The highest BCUT2D eigenvalue weighted by atomic mass is 32.1. The maximum Gasteiger partial charge on any atom is 0.280 e. The van der Waals surface area contributed by atoms with E-state index < -0.39 is 0 Å². The minimum atomic E-state index is -0.276. The third-order valence-corrected chi connectivity index (χ3v) is 6.90. The fourth-order valence-corrected chi connectivity index (χ4v) is 5.00. The number of rotatable bonds is 4. The number of halogens is 1. The van der Waals surface area contributed by atoms with Crippen LogP contribution in [0.3, 0.4) is 0 Å². The Hall–Kier alpha value is -2.85. The number of fused-ring (bicyclic) bond motifs is 2. The van der Waals surface area contributed by atoms with Gasteiger partial charge in [-0.1, -0.05) is 11.3 Å². The van der Waals surface area contributed by atoms with E-state index in [-0.39, 0.29) is 11.7 Å². The van der Waals surface area contributed by atoms with Crippen molar-refractivity contribution >= 4 is 44.8 Å². The molecule has 162 valence electrons. The molecule has 0 atom stereocenters. The van der Waals surface area contributed by atoms with Gasteiger partial charge in [-0.2, -0.15) is 0 Å². The molecule has 4 heterocycles. The highest BCUT2D eigenvalue weighted by Gasteiger charge is 2.26. The summed E-state index contributed by atoms with van der Waals surface area (Å²) in [5.41, 5.74) is 2.26. The van der Waals surface area contributed by atoms with Crippen molar-refractivity contribution in [3.05, 3.63) is 35.4 Å². The van der Waals surface area contributed by atoms with Crippen LogP contribution < -0.4 is 20.4 Å². The molecular formula is C21H24FN7OS. The molecule has 5 rings (SSSR count). The highest BCUT2D eigenvalue weighted by molar-refractivity contribution is 7.19. The van der Waals surface area contributed by atoms with Gasteiger partial charge >= 0.3 is 0 Å². The Morgan fingerprint density at radius 1 is 1.26 bits per heavy atom. The fourth-order valence-electron chi connectivity index (χ4n) is 4.18. The maximum absolute atomic E-state index is 13.8. The van der Waals surface area contributed by atoms with Gasteiger partial charge in [0.2, 0.25) is 0 Å². The molecule has 1 fully saturated rings. The van der Waals surface area contributed by atoms with Crippen LogP contribution in [-0.4, -0.2) is 60.6 Å². The van der Waals surface area contributed by atoms with Crippen LogP contribution in [0.4, 0.5) is 21.6 Å². The summed E-state index contributed by atoms with van der Waals surface area (Å²) in [6.45, 7) is 4.05. The van der Waals surface area contributed by atoms with Crippen LogP contribution in [0.2, 0.25) is 0 Å². The van der Waals surface area contributed by atoms with Crippen LogP contribution in [0.1, 0.15) is 22.6 Å². The molecule has 0 unspecified atom stereocenters. The number of carbonyl (C=O) groups is 1. The summed E-state index contributed by atoms with van der Waals surface area (Å²) in [7, 11) is 1.94. The second kappa shape index (κ2) is 8.35. The molecule has 0 aliphatic carbocycles. The second-order valence-electron chi connectivity index (χ2n) is 7.98. The van der Waals surface area contributed by atoms with Crippen LogP contribution in [0.5, 0.6) is 0 Å². The molecule has 0 bridgehead atoms. The monoisotopic (exact) mass is 441 g/mol. The zero-order valence-electron chi connectivity index (χ0n) is 17.3. The van der Waals surface area contributed by atoms with Gasteiger partial charge in [0.25, 0.3) is 5.91 Å². The molecule has 2 aliphatic rings. The van der Waals surface area contributed by atoms with E-state index in [0.717, 1.165) is 43.9 Å². The van der Waals surface area contributed by atoms with Crippen molar-refractivity contribution in [3.8, 4) is 0 Å². The van der Waals surface area contributed by atoms with Crippen LogP contribution >= 0.6 is 11.3 Å². The minimum absolute atomic E-state index is 0.173. The molecule has 2 N–H and O–H groups in total. The number of likely N-dealkylation sites (N-methyl/N-ethyl adjacent to an activating group) is 1. The molecule has 3 aromatic rings. The molecule has 8 nitrogen and oxygen atoms in total. The number of amides is 1. The van der Waals surface area contributed by atoms with E-state index in [0.29, 0.717) is 40.2 Å². The molecule has 10 heteroatoms. The normalized spacial score (nSPS) is 17.1. The van der Waals surface area contributed by atoms with Crippen LogP contribution in [0.15, 0.2) is 24.5 Å². The second-order valence-corrected chi connectivity index (χ2v) is 8.96. The Morgan fingerprint density at radius 2 is 2.10 bits per heavy atom. The smallest absolute Gasteiger partial charge is 0.280 e. The summed E-state index contributed by atoms with van der Waals surface area (Å²) >= 11 is 1.27. The quantitative estimate of drug-likeness (QED) is 0.643. The van der Waals surface area contributed by atoms with E-state index >= 15 is 0 Å². The molecule has 0 saturated carbocycles. The van der Waals surface area contributed by atoms with Gasteiger partial charge in [-0.3, -0.25) is 4.79 Å². The molecule has 0 radical (unpaired) electrons. The summed E-state index contributed by atoms with van der Waals surface area (Å²) in [5, 5.41) is 6.75. The number of aromatic nitrogens is 3. The first-order valence-electron chi connectivity index (χ1n) is 10.5. The van der Waals surface area contributed by atoms with Gasteiger partial charge < -0.3 is 20.4 Å². The van der Waals surface area contributed by atoms with Crippen molar-refractivity contribution in [2.24, 2.45) is 5.92 Å². The van der Waals surface area contributed by atoms with Gasteiger partial charge in [0, 0.05) is 26.7 Å². The van der Waals surface area contributed by atoms with E-state index in [1.54, 1.807) is 6.07 Å². The van der Waals surface area contributed by atoms with E-state index in [1.807, 2.05) is 16.8 Å². The molecule has 0 spiro atoms. The average Bonchev–Trinajstić information content (AvgIpc) is 3.24. The van der Waals surface area contributed by atoms with Crippen molar-refractivity contribution in [2.75, 3.05) is 49.6 Å². The van der Waals surface area contributed by atoms with Gasteiger partial charge in [-0.05, 0) is 50.0 Å². The van der Waals surface area contributed by atoms with Gasteiger partial charge in [0.05, 0.1) is 11.4 Å².